The molecule has 130 valence electrons. The molecule has 0 bridgehead atoms. The van der Waals surface area contributed by atoms with Crippen molar-refractivity contribution < 1.29 is 4.74 Å². The summed E-state index contributed by atoms with van der Waals surface area (Å²) < 4.78 is 5.96. The summed E-state index contributed by atoms with van der Waals surface area (Å²) in [5.74, 6) is 6.61. The van der Waals surface area contributed by atoms with Crippen molar-refractivity contribution in [2.24, 2.45) is 0 Å². The second-order valence-corrected chi connectivity index (χ2v) is 7.11. The van der Waals surface area contributed by atoms with Gasteiger partial charge in [0, 0.05) is 44.7 Å². The maximum atomic E-state index is 5.96. The van der Waals surface area contributed by atoms with E-state index >= 15 is 0 Å². The van der Waals surface area contributed by atoms with E-state index in [0.717, 1.165) is 25.1 Å². The molecule has 1 saturated carbocycles. The fourth-order valence-corrected chi connectivity index (χ4v) is 3.40. The molecule has 1 heterocycles. The van der Waals surface area contributed by atoms with Crippen LogP contribution in [0.2, 0.25) is 0 Å². The first-order chi connectivity index (χ1) is 11.8. The highest BCUT2D eigenvalue weighted by Crippen LogP contribution is 2.22. The van der Waals surface area contributed by atoms with Crippen LogP contribution in [0.15, 0.2) is 24.3 Å². The van der Waals surface area contributed by atoms with Crippen LogP contribution in [0.1, 0.15) is 43.2 Å². The zero-order valence-electron chi connectivity index (χ0n) is 15.0. The largest absolute Gasteiger partial charge is 0.374 e. The summed E-state index contributed by atoms with van der Waals surface area (Å²) in [6, 6.07) is 8.55. The zero-order chi connectivity index (χ0) is 16.6. The quantitative estimate of drug-likeness (QED) is 0.773. The monoisotopic (exact) mass is 326 g/mol. The molecular weight excluding hydrogens is 296 g/mol. The molecule has 2 fully saturated rings. The van der Waals surface area contributed by atoms with Crippen LogP contribution in [0.5, 0.6) is 0 Å². The van der Waals surface area contributed by atoms with Crippen LogP contribution in [0.25, 0.3) is 0 Å². The van der Waals surface area contributed by atoms with Gasteiger partial charge in [0.25, 0.3) is 0 Å². The minimum absolute atomic E-state index is 0.485. The number of hydrogen-bond donors (Lipinski definition) is 0. The summed E-state index contributed by atoms with van der Waals surface area (Å²) in [4.78, 5) is 4.90. The van der Waals surface area contributed by atoms with Crippen LogP contribution >= 0.6 is 0 Å². The Morgan fingerprint density at radius 3 is 2.46 bits per heavy atom. The predicted octanol–water partition coefficient (Wildman–Crippen LogP) is 3.13. The normalized spacial score (nSPS) is 20.0. The number of nitrogens with zero attached hydrogens (tertiary/aromatic N) is 2. The standard InChI is InChI=1S/C21H30N2O/c1-22-14-16-23(17-15-22)13-5-4-6-19-9-11-20(12-10-19)18-24-21-7-2-3-8-21/h9-12,21H,2-3,5,7-8,13-18H2,1H3. The molecule has 0 radical (unpaired) electrons. The highest BCUT2D eigenvalue weighted by Gasteiger charge is 2.15. The number of piperazine rings is 1. The van der Waals surface area contributed by atoms with Crippen molar-refractivity contribution >= 4 is 0 Å². The van der Waals surface area contributed by atoms with Gasteiger partial charge in [0.2, 0.25) is 0 Å². The van der Waals surface area contributed by atoms with E-state index in [9.17, 15) is 0 Å². The number of benzene rings is 1. The van der Waals surface area contributed by atoms with Crippen molar-refractivity contribution in [3.8, 4) is 11.8 Å². The first-order valence-corrected chi connectivity index (χ1v) is 9.40. The van der Waals surface area contributed by atoms with Crippen molar-refractivity contribution in [1.82, 2.24) is 9.80 Å². The molecule has 1 aromatic rings. The molecule has 1 aliphatic heterocycles. The SMILES string of the molecule is CN1CCN(CCC#Cc2ccc(COC3CCCC3)cc2)CC1. The highest BCUT2D eigenvalue weighted by atomic mass is 16.5. The average Bonchev–Trinajstić information content (AvgIpc) is 3.13. The van der Waals surface area contributed by atoms with Gasteiger partial charge in [0.1, 0.15) is 0 Å². The summed E-state index contributed by atoms with van der Waals surface area (Å²) in [5.41, 5.74) is 2.36. The van der Waals surface area contributed by atoms with E-state index in [1.807, 2.05) is 0 Å². The lowest BCUT2D eigenvalue weighted by atomic mass is 10.1. The molecule has 0 spiro atoms. The topological polar surface area (TPSA) is 15.7 Å². The van der Waals surface area contributed by atoms with Crippen LogP contribution in [0.3, 0.4) is 0 Å². The predicted molar refractivity (Wildman–Crippen MR) is 98.9 cm³/mol. The molecule has 1 aromatic carbocycles. The molecule has 0 unspecified atom stereocenters. The van der Waals surface area contributed by atoms with Crippen molar-refractivity contribution in [2.45, 2.75) is 44.8 Å². The van der Waals surface area contributed by atoms with Crippen LogP contribution in [0.4, 0.5) is 0 Å². The molecule has 1 aliphatic carbocycles. The Balaban J connectivity index is 1.38. The highest BCUT2D eigenvalue weighted by molar-refractivity contribution is 5.36. The zero-order valence-corrected chi connectivity index (χ0v) is 15.0. The maximum Gasteiger partial charge on any atom is 0.0720 e. The first kappa shape index (κ1) is 17.5. The van der Waals surface area contributed by atoms with Gasteiger partial charge in [0.15, 0.2) is 0 Å². The Hall–Kier alpha value is -1.34. The Kier molecular flexibility index (Phi) is 6.72. The third-order valence-corrected chi connectivity index (χ3v) is 5.12. The van der Waals surface area contributed by atoms with E-state index < -0.39 is 0 Å². The molecule has 3 rings (SSSR count). The minimum Gasteiger partial charge on any atom is -0.374 e. The third-order valence-electron chi connectivity index (χ3n) is 5.12. The molecule has 2 aliphatic rings. The number of rotatable bonds is 5. The van der Waals surface area contributed by atoms with E-state index in [2.05, 4.69) is 53.0 Å². The van der Waals surface area contributed by atoms with E-state index in [1.54, 1.807) is 0 Å². The van der Waals surface area contributed by atoms with E-state index in [0.29, 0.717) is 6.10 Å². The second kappa shape index (κ2) is 9.22. The third kappa shape index (κ3) is 5.63. The van der Waals surface area contributed by atoms with Gasteiger partial charge in [-0.1, -0.05) is 36.8 Å². The van der Waals surface area contributed by atoms with Crippen LogP contribution in [-0.4, -0.2) is 55.7 Å². The molecule has 3 heteroatoms. The smallest absolute Gasteiger partial charge is 0.0720 e. The van der Waals surface area contributed by atoms with Crippen LogP contribution < -0.4 is 0 Å². The maximum absolute atomic E-state index is 5.96. The summed E-state index contributed by atoms with van der Waals surface area (Å²) in [5, 5.41) is 0. The summed E-state index contributed by atoms with van der Waals surface area (Å²) in [6.07, 6.45) is 6.56. The fraction of sp³-hybridized carbons (Fsp3) is 0.619. The summed E-state index contributed by atoms with van der Waals surface area (Å²) in [6.45, 7) is 6.54. The lowest BCUT2D eigenvalue weighted by Gasteiger charge is -2.31. The van der Waals surface area contributed by atoms with Crippen LogP contribution in [-0.2, 0) is 11.3 Å². The minimum atomic E-state index is 0.485. The second-order valence-electron chi connectivity index (χ2n) is 7.11. The average molecular weight is 326 g/mol. The van der Waals surface area contributed by atoms with E-state index in [4.69, 9.17) is 4.74 Å². The van der Waals surface area contributed by atoms with E-state index in [-0.39, 0.29) is 0 Å². The number of ether oxygens (including phenoxy) is 1. The van der Waals surface area contributed by atoms with Gasteiger partial charge in [-0.15, -0.1) is 0 Å². The van der Waals surface area contributed by atoms with Crippen molar-refractivity contribution in [3.63, 3.8) is 0 Å². The number of hydrogen-bond acceptors (Lipinski definition) is 3. The first-order valence-electron chi connectivity index (χ1n) is 9.40. The molecule has 0 aromatic heterocycles. The molecule has 3 nitrogen and oxygen atoms in total. The van der Waals surface area contributed by atoms with Gasteiger partial charge >= 0.3 is 0 Å². The van der Waals surface area contributed by atoms with Gasteiger partial charge in [-0.2, -0.15) is 0 Å². The van der Waals surface area contributed by atoms with Crippen molar-refractivity contribution in [2.75, 3.05) is 39.8 Å². The Bertz CT molecular complexity index is 543. The fourth-order valence-electron chi connectivity index (χ4n) is 3.40. The van der Waals surface area contributed by atoms with Crippen molar-refractivity contribution in [1.29, 1.82) is 0 Å². The van der Waals surface area contributed by atoms with Crippen molar-refractivity contribution in [3.05, 3.63) is 35.4 Å². The molecule has 24 heavy (non-hydrogen) atoms. The lowest BCUT2D eigenvalue weighted by Crippen LogP contribution is -2.44. The van der Waals surface area contributed by atoms with Gasteiger partial charge in [-0.25, -0.2) is 0 Å². The molecule has 1 saturated heterocycles. The van der Waals surface area contributed by atoms with Gasteiger partial charge in [-0.3, -0.25) is 4.90 Å². The Morgan fingerprint density at radius 1 is 1.04 bits per heavy atom. The van der Waals surface area contributed by atoms with E-state index in [1.165, 1.54) is 57.4 Å². The Morgan fingerprint density at radius 2 is 1.75 bits per heavy atom. The van der Waals surface area contributed by atoms with Gasteiger partial charge in [0.05, 0.1) is 12.7 Å². The molecule has 0 amide bonds. The summed E-state index contributed by atoms with van der Waals surface area (Å²) in [7, 11) is 2.19. The Labute approximate surface area is 147 Å². The van der Waals surface area contributed by atoms with Crippen LogP contribution in [0, 0.1) is 11.8 Å². The van der Waals surface area contributed by atoms with Gasteiger partial charge < -0.3 is 9.64 Å². The molecular formula is C21H30N2O. The van der Waals surface area contributed by atoms with Gasteiger partial charge in [-0.05, 0) is 37.6 Å². The molecule has 0 N–H and O–H groups in total. The lowest BCUT2D eigenvalue weighted by molar-refractivity contribution is 0.0457. The summed E-state index contributed by atoms with van der Waals surface area (Å²) >= 11 is 0. The molecule has 0 atom stereocenters. The number of likely N-dealkylation sites (N-methyl/N-ethyl adjacent to an activating group) is 1.